The van der Waals surface area contributed by atoms with Crippen LogP contribution in [0.2, 0.25) is 5.15 Å². The lowest BCUT2D eigenvalue weighted by Gasteiger charge is -2.07. The molecule has 0 bridgehead atoms. The van der Waals surface area contributed by atoms with E-state index in [9.17, 15) is 10.1 Å². The molecule has 6 nitrogen and oxygen atoms in total. The standard InChI is InChI=1S/C17H15ClN4O2S/c1-10(2)17-20-13(9-25-17)11-3-5-12(6-4-11)19-16-14(22(23)24)7-8-15(18)21-16/h3-10H,1-2H3,(H,19,21). The molecule has 0 aliphatic rings. The van der Waals surface area contributed by atoms with E-state index in [1.54, 1.807) is 11.3 Å². The van der Waals surface area contributed by atoms with Crippen molar-refractivity contribution in [2.45, 2.75) is 19.8 Å². The average molecular weight is 375 g/mol. The van der Waals surface area contributed by atoms with Gasteiger partial charge in [0.1, 0.15) is 5.15 Å². The fourth-order valence-electron chi connectivity index (χ4n) is 2.21. The smallest absolute Gasteiger partial charge is 0.311 e. The van der Waals surface area contributed by atoms with Crippen LogP contribution in [0.4, 0.5) is 17.2 Å². The summed E-state index contributed by atoms with van der Waals surface area (Å²) in [5.41, 5.74) is 2.46. The van der Waals surface area contributed by atoms with Gasteiger partial charge in [0.25, 0.3) is 0 Å². The number of hydrogen-bond donors (Lipinski definition) is 1. The second-order valence-corrected chi connectivity index (χ2v) is 6.96. The highest BCUT2D eigenvalue weighted by atomic mass is 35.5. The van der Waals surface area contributed by atoms with Crippen LogP contribution in [0.25, 0.3) is 11.3 Å². The van der Waals surface area contributed by atoms with Crippen molar-refractivity contribution >= 4 is 40.1 Å². The molecule has 0 atom stereocenters. The van der Waals surface area contributed by atoms with E-state index in [1.165, 1.54) is 12.1 Å². The molecule has 128 valence electrons. The van der Waals surface area contributed by atoms with E-state index in [0.717, 1.165) is 16.3 Å². The third kappa shape index (κ3) is 3.94. The fraction of sp³-hybridized carbons (Fsp3) is 0.176. The Kier molecular flexibility index (Phi) is 4.96. The molecule has 0 spiro atoms. The minimum Gasteiger partial charge on any atom is -0.334 e. The molecule has 1 N–H and O–H groups in total. The summed E-state index contributed by atoms with van der Waals surface area (Å²) in [6, 6.07) is 10.2. The van der Waals surface area contributed by atoms with Crippen LogP contribution in [-0.4, -0.2) is 14.9 Å². The van der Waals surface area contributed by atoms with Gasteiger partial charge in [-0.2, -0.15) is 0 Å². The molecule has 0 amide bonds. The first-order valence-corrected chi connectivity index (χ1v) is 8.83. The second-order valence-electron chi connectivity index (χ2n) is 5.69. The molecule has 0 saturated carbocycles. The molecule has 8 heteroatoms. The van der Waals surface area contributed by atoms with E-state index in [2.05, 4.69) is 29.1 Å². The number of aromatic nitrogens is 2. The second kappa shape index (κ2) is 7.16. The maximum Gasteiger partial charge on any atom is 0.311 e. The molecule has 25 heavy (non-hydrogen) atoms. The zero-order valence-electron chi connectivity index (χ0n) is 13.6. The fourth-order valence-corrected chi connectivity index (χ4v) is 3.21. The van der Waals surface area contributed by atoms with Gasteiger partial charge in [0.05, 0.1) is 15.6 Å². The molecule has 1 aromatic carbocycles. The van der Waals surface area contributed by atoms with Gasteiger partial charge in [0.2, 0.25) is 5.82 Å². The quantitative estimate of drug-likeness (QED) is 0.355. The summed E-state index contributed by atoms with van der Waals surface area (Å²) >= 11 is 7.48. The number of rotatable bonds is 5. The van der Waals surface area contributed by atoms with Gasteiger partial charge in [0.15, 0.2) is 0 Å². The normalized spacial score (nSPS) is 10.9. The number of pyridine rings is 1. The van der Waals surface area contributed by atoms with Crippen molar-refractivity contribution in [1.82, 2.24) is 9.97 Å². The maximum atomic E-state index is 11.1. The van der Waals surface area contributed by atoms with Crippen molar-refractivity contribution in [1.29, 1.82) is 0 Å². The molecule has 0 saturated heterocycles. The highest BCUT2D eigenvalue weighted by Gasteiger charge is 2.16. The summed E-state index contributed by atoms with van der Waals surface area (Å²) in [5, 5.41) is 17.3. The van der Waals surface area contributed by atoms with Crippen LogP contribution in [0.1, 0.15) is 24.8 Å². The number of nitro groups is 1. The van der Waals surface area contributed by atoms with E-state index in [1.807, 2.05) is 29.6 Å². The van der Waals surface area contributed by atoms with Gasteiger partial charge in [0, 0.05) is 28.6 Å². The Morgan fingerprint density at radius 1 is 1.16 bits per heavy atom. The number of thiazole rings is 1. The van der Waals surface area contributed by atoms with Crippen molar-refractivity contribution < 1.29 is 4.92 Å². The number of hydrogen-bond acceptors (Lipinski definition) is 6. The minimum atomic E-state index is -0.497. The minimum absolute atomic E-state index is 0.112. The molecular weight excluding hydrogens is 360 g/mol. The van der Waals surface area contributed by atoms with Crippen molar-refractivity contribution in [2.24, 2.45) is 0 Å². The number of benzene rings is 1. The van der Waals surface area contributed by atoms with Gasteiger partial charge in [-0.05, 0) is 18.2 Å². The number of nitrogens with zero attached hydrogens (tertiary/aromatic N) is 3. The van der Waals surface area contributed by atoms with Crippen LogP contribution in [0, 0.1) is 10.1 Å². The van der Waals surface area contributed by atoms with Crippen LogP contribution in [0.5, 0.6) is 0 Å². The van der Waals surface area contributed by atoms with Crippen LogP contribution in [0.3, 0.4) is 0 Å². The summed E-state index contributed by atoms with van der Waals surface area (Å²) in [6.45, 7) is 4.22. The van der Waals surface area contributed by atoms with Gasteiger partial charge in [-0.3, -0.25) is 10.1 Å². The van der Waals surface area contributed by atoms with Gasteiger partial charge < -0.3 is 5.32 Å². The van der Waals surface area contributed by atoms with E-state index in [4.69, 9.17) is 11.6 Å². The summed E-state index contributed by atoms with van der Waals surface area (Å²) in [5.74, 6) is 0.509. The predicted octanol–water partition coefficient (Wildman–Crippen LogP) is 5.63. The molecule has 0 fully saturated rings. The van der Waals surface area contributed by atoms with E-state index < -0.39 is 4.92 Å². The van der Waals surface area contributed by atoms with Gasteiger partial charge >= 0.3 is 5.69 Å². The monoisotopic (exact) mass is 374 g/mol. The van der Waals surface area contributed by atoms with Gasteiger partial charge in [-0.1, -0.05) is 37.6 Å². The van der Waals surface area contributed by atoms with Gasteiger partial charge in [-0.25, -0.2) is 9.97 Å². The van der Waals surface area contributed by atoms with Crippen molar-refractivity contribution in [3.8, 4) is 11.3 Å². The van der Waals surface area contributed by atoms with Gasteiger partial charge in [-0.15, -0.1) is 11.3 Å². The summed E-state index contributed by atoms with van der Waals surface area (Å²) < 4.78 is 0. The molecule has 0 unspecified atom stereocenters. The molecule has 2 aromatic heterocycles. The van der Waals surface area contributed by atoms with Crippen LogP contribution >= 0.6 is 22.9 Å². The molecule has 0 aliphatic carbocycles. The largest absolute Gasteiger partial charge is 0.334 e. The van der Waals surface area contributed by atoms with E-state index in [-0.39, 0.29) is 16.7 Å². The van der Waals surface area contributed by atoms with Crippen molar-refractivity contribution in [3.63, 3.8) is 0 Å². The van der Waals surface area contributed by atoms with Crippen LogP contribution in [-0.2, 0) is 0 Å². The highest BCUT2D eigenvalue weighted by molar-refractivity contribution is 7.10. The zero-order chi connectivity index (χ0) is 18.0. The first kappa shape index (κ1) is 17.3. The number of nitrogens with one attached hydrogen (secondary N) is 1. The molecule has 3 rings (SSSR count). The summed E-state index contributed by atoms with van der Waals surface area (Å²) in [4.78, 5) is 19.2. The number of anilines is 2. The Labute approximate surface area is 153 Å². The van der Waals surface area contributed by atoms with Crippen molar-refractivity contribution in [3.05, 3.63) is 62.1 Å². The first-order valence-electron chi connectivity index (χ1n) is 7.58. The van der Waals surface area contributed by atoms with Crippen molar-refractivity contribution in [2.75, 3.05) is 5.32 Å². The van der Waals surface area contributed by atoms with Crippen LogP contribution < -0.4 is 5.32 Å². The predicted molar refractivity (Wildman–Crippen MR) is 101 cm³/mol. The Morgan fingerprint density at radius 2 is 1.88 bits per heavy atom. The lowest BCUT2D eigenvalue weighted by molar-refractivity contribution is -0.384. The molecular formula is C17H15ClN4O2S. The zero-order valence-corrected chi connectivity index (χ0v) is 15.1. The Hall–Kier alpha value is -2.51. The Bertz CT molecular complexity index is 909. The third-order valence-electron chi connectivity index (χ3n) is 3.50. The molecule has 3 aromatic rings. The average Bonchev–Trinajstić information content (AvgIpc) is 3.05. The lowest BCUT2D eigenvalue weighted by atomic mass is 10.1. The number of halogens is 1. The summed E-state index contributed by atoms with van der Waals surface area (Å²) in [7, 11) is 0. The molecule has 0 aliphatic heterocycles. The topological polar surface area (TPSA) is 81.0 Å². The third-order valence-corrected chi connectivity index (χ3v) is 4.85. The van der Waals surface area contributed by atoms with Crippen LogP contribution in [0.15, 0.2) is 41.8 Å². The Morgan fingerprint density at radius 3 is 2.48 bits per heavy atom. The first-order chi connectivity index (χ1) is 11.9. The molecule has 2 heterocycles. The van der Waals surface area contributed by atoms with E-state index in [0.29, 0.717) is 11.6 Å². The SMILES string of the molecule is CC(C)c1nc(-c2ccc(Nc3nc(Cl)ccc3[N+](=O)[O-])cc2)cs1. The van der Waals surface area contributed by atoms with E-state index >= 15 is 0 Å². The highest BCUT2D eigenvalue weighted by Crippen LogP contribution is 2.30. The lowest BCUT2D eigenvalue weighted by Crippen LogP contribution is -1.99. The summed E-state index contributed by atoms with van der Waals surface area (Å²) in [6.07, 6.45) is 0. The maximum absolute atomic E-state index is 11.1. The Balaban J connectivity index is 1.83. The molecule has 0 radical (unpaired) electrons.